The van der Waals surface area contributed by atoms with Crippen LogP contribution in [0.2, 0.25) is 10.0 Å². The van der Waals surface area contributed by atoms with Gasteiger partial charge in [0.05, 0.1) is 29.1 Å². The first kappa shape index (κ1) is 17.3. The predicted octanol–water partition coefficient (Wildman–Crippen LogP) is 5.36. The highest BCUT2D eigenvalue weighted by Gasteiger charge is 2.11. The highest BCUT2D eigenvalue weighted by molar-refractivity contribution is 6.42. The van der Waals surface area contributed by atoms with Crippen LogP contribution < -0.4 is 0 Å². The lowest BCUT2D eigenvalue weighted by Crippen LogP contribution is -2.19. The summed E-state index contributed by atoms with van der Waals surface area (Å²) in [7, 11) is 0. The van der Waals surface area contributed by atoms with Crippen LogP contribution in [0.1, 0.15) is 38.2 Å². The molecule has 2 rings (SSSR count). The highest BCUT2D eigenvalue weighted by atomic mass is 35.5. The molecule has 0 fully saturated rings. The lowest BCUT2D eigenvalue weighted by atomic mass is 10.1. The fourth-order valence-corrected chi connectivity index (χ4v) is 2.64. The molecule has 1 heterocycles. The van der Waals surface area contributed by atoms with E-state index in [0.717, 1.165) is 18.5 Å². The van der Waals surface area contributed by atoms with Gasteiger partial charge in [-0.1, -0.05) is 55.5 Å². The SMILES string of the molecule is CCCCCC(Cn1ccnc1)OCc1ccc(Cl)c(Cl)c1. The van der Waals surface area contributed by atoms with Crippen molar-refractivity contribution in [1.29, 1.82) is 0 Å². The third kappa shape index (κ3) is 5.64. The summed E-state index contributed by atoms with van der Waals surface area (Å²) in [6.45, 7) is 3.58. The molecule has 2 aromatic rings. The molecule has 0 amide bonds. The number of halogens is 2. The standard InChI is InChI=1S/C17H22Cl2N2O/c1-2-3-4-5-15(11-21-9-8-20-13-21)22-12-14-6-7-16(18)17(19)10-14/h6-10,13,15H,2-5,11-12H2,1H3. The maximum absolute atomic E-state index is 6.09. The number of imidazole rings is 1. The van der Waals surface area contributed by atoms with Gasteiger partial charge in [0.1, 0.15) is 0 Å². The van der Waals surface area contributed by atoms with Crippen LogP contribution in [0.25, 0.3) is 0 Å². The van der Waals surface area contributed by atoms with Gasteiger partial charge in [-0.2, -0.15) is 0 Å². The maximum Gasteiger partial charge on any atom is 0.0946 e. The smallest absolute Gasteiger partial charge is 0.0946 e. The first-order valence-corrected chi connectivity index (χ1v) is 8.46. The summed E-state index contributed by atoms with van der Waals surface area (Å²) in [6.07, 6.45) is 10.4. The van der Waals surface area contributed by atoms with Crippen LogP contribution in [-0.4, -0.2) is 15.7 Å². The van der Waals surface area contributed by atoms with Crippen molar-refractivity contribution in [3.8, 4) is 0 Å². The molecule has 1 unspecified atom stereocenters. The number of aromatic nitrogens is 2. The molecule has 22 heavy (non-hydrogen) atoms. The molecule has 0 aliphatic heterocycles. The molecule has 1 aromatic heterocycles. The minimum absolute atomic E-state index is 0.176. The van der Waals surface area contributed by atoms with E-state index in [1.807, 2.05) is 30.7 Å². The molecule has 3 nitrogen and oxygen atoms in total. The van der Waals surface area contributed by atoms with E-state index < -0.39 is 0 Å². The van der Waals surface area contributed by atoms with Crippen molar-refractivity contribution in [3.63, 3.8) is 0 Å². The van der Waals surface area contributed by atoms with Gasteiger partial charge < -0.3 is 9.30 Å². The minimum atomic E-state index is 0.176. The van der Waals surface area contributed by atoms with Crippen molar-refractivity contribution in [2.75, 3.05) is 0 Å². The van der Waals surface area contributed by atoms with Crippen LogP contribution in [0.3, 0.4) is 0 Å². The highest BCUT2D eigenvalue weighted by Crippen LogP contribution is 2.23. The van der Waals surface area contributed by atoms with E-state index in [-0.39, 0.29) is 6.10 Å². The molecule has 0 aliphatic rings. The van der Waals surface area contributed by atoms with Crippen molar-refractivity contribution < 1.29 is 4.74 Å². The van der Waals surface area contributed by atoms with Gasteiger partial charge in [0, 0.05) is 18.9 Å². The molecule has 0 N–H and O–H groups in total. The second-order valence-corrected chi connectivity index (χ2v) is 6.25. The Balaban J connectivity index is 1.91. The van der Waals surface area contributed by atoms with Gasteiger partial charge >= 0.3 is 0 Å². The second kappa shape index (κ2) is 9.19. The van der Waals surface area contributed by atoms with E-state index in [1.54, 1.807) is 6.20 Å². The zero-order valence-corrected chi connectivity index (χ0v) is 14.4. The van der Waals surface area contributed by atoms with Crippen molar-refractivity contribution in [3.05, 3.63) is 52.5 Å². The second-order valence-electron chi connectivity index (χ2n) is 5.44. The summed E-state index contributed by atoms with van der Waals surface area (Å²) in [5.41, 5.74) is 1.04. The predicted molar refractivity (Wildman–Crippen MR) is 91.4 cm³/mol. The minimum Gasteiger partial charge on any atom is -0.372 e. The number of ether oxygens (including phenoxy) is 1. The van der Waals surface area contributed by atoms with E-state index in [0.29, 0.717) is 16.7 Å². The summed E-state index contributed by atoms with van der Waals surface area (Å²) >= 11 is 12.0. The Bertz CT molecular complexity index is 558. The Morgan fingerprint density at radius 3 is 2.77 bits per heavy atom. The quantitative estimate of drug-likeness (QED) is 0.575. The van der Waals surface area contributed by atoms with Crippen LogP contribution >= 0.6 is 23.2 Å². The largest absolute Gasteiger partial charge is 0.372 e. The van der Waals surface area contributed by atoms with E-state index in [9.17, 15) is 0 Å². The third-order valence-corrected chi connectivity index (χ3v) is 4.31. The molecule has 0 radical (unpaired) electrons. The molecule has 0 aliphatic carbocycles. The zero-order valence-electron chi connectivity index (χ0n) is 12.8. The van der Waals surface area contributed by atoms with Gasteiger partial charge in [-0.05, 0) is 24.1 Å². The molecular formula is C17H22Cl2N2O. The Morgan fingerprint density at radius 2 is 2.09 bits per heavy atom. The monoisotopic (exact) mass is 340 g/mol. The van der Waals surface area contributed by atoms with Crippen LogP contribution in [0.5, 0.6) is 0 Å². The number of nitrogens with zero attached hydrogens (tertiary/aromatic N) is 2. The summed E-state index contributed by atoms with van der Waals surface area (Å²) in [4.78, 5) is 4.09. The molecule has 1 atom stereocenters. The molecule has 5 heteroatoms. The number of unbranched alkanes of at least 4 members (excludes halogenated alkanes) is 2. The zero-order chi connectivity index (χ0) is 15.8. The fourth-order valence-electron chi connectivity index (χ4n) is 2.32. The maximum atomic E-state index is 6.09. The Labute approximate surface area is 142 Å². The molecule has 0 spiro atoms. The average Bonchev–Trinajstić information content (AvgIpc) is 3.01. The van der Waals surface area contributed by atoms with E-state index in [2.05, 4.69) is 16.5 Å². The normalized spacial score (nSPS) is 12.5. The van der Waals surface area contributed by atoms with Crippen LogP contribution in [0.15, 0.2) is 36.9 Å². The van der Waals surface area contributed by atoms with Crippen molar-refractivity contribution in [1.82, 2.24) is 9.55 Å². The van der Waals surface area contributed by atoms with Gasteiger partial charge in [-0.15, -0.1) is 0 Å². The third-order valence-electron chi connectivity index (χ3n) is 3.57. The lowest BCUT2D eigenvalue weighted by Gasteiger charge is -2.18. The van der Waals surface area contributed by atoms with Gasteiger partial charge in [0.2, 0.25) is 0 Å². The molecule has 1 aromatic carbocycles. The summed E-state index contributed by atoms with van der Waals surface area (Å²) in [5.74, 6) is 0. The Kier molecular flexibility index (Phi) is 7.23. The van der Waals surface area contributed by atoms with Gasteiger partial charge in [0.15, 0.2) is 0 Å². The lowest BCUT2D eigenvalue weighted by molar-refractivity contribution is 0.0221. The first-order valence-electron chi connectivity index (χ1n) is 7.70. The number of hydrogen-bond acceptors (Lipinski definition) is 2. The summed E-state index contributed by atoms with van der Waals surface area (Å²) < 4.78 is 8.15. The van der Waals surface area contributed by atoms with Crippen molar-refractivity contribution in [2.45, 2.75) is 51.9 Å². The fraction of sp³-hybridized carbons (Fsp3) is 0.471. The van der Waals surface area contributed by atoms with Gasteiger partial charge in [-0.3, -0.25) is 0 Å². The van der Waals surface area contributed by atoms with E-state index in [1.165, 1.54) is 19.3 Å². The topological polar surface area (TPSA) is 27.1 Å². The van der Waals surface area contributed by atoms with Crippen LogP contribution in [-0.2, 0) is 17.9 Å². The molecule has 0 saturated carbocycles. The molecular weight excluding hydrogens is 319 g/mol. The van der Waals surface area contributed by atoms with Gasteiger partial charge in [0.25, 0.3) is 0 Å². The Hall–Kier alpha value is -1.03. The van der Waals surface area contributed by atoms with Crippen LogP contribution in [0.4, 0.5) is 0 Å². The molecule has 0 saturated heterocycles. The van der Waals surface area contributed by atoms with Gasteiger partial charge in [-0.25, -0.2) is 4.98 Å². The average molecular weight is 341 g/mol. The number of rotatable bonds is 9. The Morgan fingerprint density at radius 1 is 1.23 bits per heavy atom. The van der Waals surface area contributed by atoms with Crippen molar-refractivity contribution in [2.24, 2.45) is 0 Å². The molecule has 0 bridgehead atoms. The number of hydrogen-bond donors (Lipinski definition) is 0. The summed E-state index contributed by atoms with van der Waals surface area (Å²) in [6, 6.07) is 5.63. The van der Waals surface area contributed by atoms with Crippen LogP contribution in [0, 0.1) is 0 Å². The van der Waals surface area contributed by atoms with E-state index in [4.69, 9.17) is 27.9 Å². The number of benzene rings is 1. The summed E-state index contributed by atoms with van der Waals surface area (Å²) in [5, 5.41) is 1.14. The first-order chi connectivity index (χ1) is 10.7. The van der Waals surface area contributed by atoms with Crippen molar-refractivity contribution >= 4 is 23.2 Å². The molecule has 120 valence electrons. The van der Waals surface area contributed by atoms with E-state index >= 15 is 0 Å².